The minimum Gasteiger partial charge on any atom is -0.370 e. The summed E-state index contributed by atoms with van der Waals surface area (Å²) in [4.78, 5) is 95.1. The fourth-order valence-corrected chi connectivity index (χ4v) is 5.28. The average Bonchev–Trinajstić information content (AvgIpc) is 3.06. The Balaban J connectivity index is 2.41. The maximum absolute atomic E-state index is 13.9. The van der Waals surface area contributed by atoms with Gasteiger partial charge < -0.3 is 43.8 Å². The van der Waals surface area contributed by atoms with E-state index in [1.807, 2.05) is 6.07 Å². The molecule has 0 bridgehead atoms. The molecule has 0 aliphatic carbocycles. The molecule has 49 heavy (non-hydrogen) atoms. The molecule has 0 unspecified atom stereocenters. The molecule has 11 N–H and O–H groups in total. The number of carbonyl (C=O) groups is 7. The van der Waals surface area contributed by atoms with Crippen molar-refractivity contribution in [2.45, 2.75) is 82.5 Å². The summed E-state index contributed by atoms with van der Waals surface area (Å²) in [7, 11) is 0. The van der Waals surface area contributed by atoms with Crippen LogP contribution in [-0.4, -0.2) is 96.6 Å². The number of amides is 5. The number of ketones is 2. The summed E-state index contributed by atoms with van der Waals surface area (Å²) in [6.45, 7) is 1.18. The van der Waals surface area contributed by atoms with E-state index in [4.69, 9.17) is 17.2 Å². The lowest BCUT2D eigenvalue weighted by molar-refractivity contribution is -0.135. The van der Waals surface area contributed by atoms with Crippen LogP contribution >= 0.6 is 12.6 Å². The predicted octanol–water partition coefficient (Wildman–Crippen LogP) is -2.04. The highest BCUT2D eigenvalue weighted by atomic mass is 32.1. The van der Waals surface area contributed by atoms with Gasteiger partial charge in [0.1, 0.15) is 17.9 Å². The largest absolute Gasteiger partial charge is 0.370 e. The highest BCUT2D eigenvalue weighted by Crippen LogP contribution is 2.17. The third-order valence-corrected chi connectivity index (χ3v) is 8.14. The van der Waals surface area contributed by atoms with E-state index >= 15 is 0 Å². The van der Waals surface area contributed by atoms with Crippen molar-refractivity contribution in [2.75, 3.05) is 25.4 Å². The van der Waals surface area contributed by atoms with E-state index in [2.05, 4.69) is 44.2 Å². The number of nitrogens with two attached hydrogens (primary N) is 3. The van der Waals surface area contributed by atoms with Crippen LogP contribution < -0.4 is 43.8 Å². The van der Waals surface area contributed by atoms with Crippen LogP contribution in [0.2, 0.25) is 0 Å². The molecule has 2 rings (SSSR count). The summed E-state index contributed by atoms with van der Waals surface area (Å²) < 4.78 is 0. The fourth-order valence-electron chi connectivity index (χ4n) is 5.11. The zero-order chi connectivity index (χ0) is 36.3. The molecule has 1 aliphatic rings. The van der Waals surface area contributed by atoms with Gasteiger partial charge in [0, 0.05) is 37.6 Å². The zero-order valence-corrected chi connectivity index (χ0v) is 28.6. The van der Waals surface area contributed by atoms with E-state index in [9.17, 15) is 33.6 Å². The number of aliphatic imine (C=N–C) groups is 1. The van der Waals surface area contributed by atoms with Gasteiger partial charge in [0.2, 0.25) is 29.5 Å². The quantitative estimate of drug-likeness (QED) is 0.0418. The van der Waals surface area contributed by atoms with Gasteiger partial charge in [-0.2, -0.15) is 12.6 Å². The van der Waals surface area contributed by atoms with E-state index in [-0.39, 0.29) is 68.6 Å². The second kappa shape index (κ2) is 21.5. The van der Waals surface area contributed by atoms with Crippen molar-refractivity contribution in [3.63, 3.8) is 0 Å². The number of unbranched alkanes of at least 4 members (excludes halogenated alkanes) is 1. The van der Waals surface area contributed by atoms with Gasteiger partial charge in [-0.3, -0.25) is 38.6 Å². The Kier molecular flexibility index (Phi) is 17.8. The summed E-state index contributed by atoms with van der Waals surface area (Å²) in [5, 5.41) is 13.1. The molecular weight excluding hydrogens is 654 g/mol. The lowest BCUT2D eigenvalue weighted by atomic mass is 9.89. The smallest absolute Gasteiger partial charge is 0.243 e. The molecule has 5 amide bonds. The third-order valence-electron chi connectivity index (χ3n) is 7.75. The molecule has 1 aromatic carbocycles. The van der Waals surface area contributed by atoms with Crippen LogP contribution in [0.25, 0.3) is 0 Å². The van der Waals surface area contributed by atoms with E-state index in [0.29, 0.717) is 19.3 Å². The normalized spacial score (nSPS) is 21.5. The first-order valence-corrected chi connectivity index (χ1v) is 16.9. The lowest BCUT2D eigenvalue weighted by Gasteiger charge is -2.25. The maximum atomic E-state index is 13.9. The Morgan fingerprint density at radius 2 is 1.57 bits per heavy atom. The molecule has 270 valence electrons. The molecule has 0 saturated carbocycles. The Morgan fingerprint density at radius 1 is 0.918 bits per heavy atom. The monoisotopic (exact) mass is 703 g/mol. The number of Topliss-reactive ketones (excluding diaryl/α,β-unsaturated/α-hetero) is 2. The van der Waals surface area contributed by atoms with Gasteiger partial charge in [0.25, 0.3) is 0 Å². The first kappa shape index (κ1) is 40.7. The lowest BCUT2D eigenvalue weighted by Crippen LogP contribution is -2.55. The predicted molar refractivity (Wildman–Crippen MR) is 186 cm³/mol. The van der Waals surface area contributed by atoms with E-state index in [1.165, 1.54) is 6.92 Å². The summed E-state index contributed by atoms with van der Waals surface area (Å²) >= 11 is 4.02. The molecule has 16 nitrogen and oxygen atoms in total. The van der Waals surface area contributed by atoms with Crippen LogP contribution in [0.4, 0.5) is 0 Å². The number of nitrogens with zero attached hydrogens (tertiary/aromatic N) is 1. The van der Waals surface area contributed by atoms with Crippen LogP contribution in [0.15, 0.2) is 35.3 Å². The Morgan fingerprint density at radius 3 is 2.22 bits per heavy atom. The molecule has 0 aromatic heterocycles. The second-order valence-electron chi connectivity index (χ2n) is 11.9. The highest BCUT2D eigenvalue weighted by Gasteiger charge is 2.33. The van der Waals surface area contributed by atoms with Gasteiger partial charge in [-0.05, 0) is 51.0 Å². The molecule has 1 aromatic rings. The highest BCUT2D eigenvalue weighted by molar-refractivity contribution is 7.80. The number of hydrogen-bond donors (Lipinski definition) is 9. The first-order valence-electron chi connectivity index (χ1n) is 16.2. The summed E-state index contributed by atoms with van der Waals surface area (Å²) in [6.07, 6.45) is 0.856. The fraction of sp³-hybridized carbons (Fsp3) is 0.562. The van der Waals surface area contributed by atoms with Gasteiger partial charge >= 0.3 is 0 Å². The molecule has 1 fully saturated rings. The van der Waals surface area contributed by atoms with Crippen molar-refractivity contribution >= 4 is 59.7 Å². The van der Waals surface area contributed by atoms with Crippen LogP contribution in [0, 0.1) is 5.92 Å². The number of benzene rings is 1. The molecule has 5 atom stereocenters. The summed E-state index contributed by atoms with van der Waals surface area (Å²) in [5.41, 5.74) is 17.2. The van der Waals surface area contributed by atoms with Crippen LogP contribution in [0.3, 0.4) is 0 Å². The van der Waals surface area contributed by atoms with Crippen LogP contribution in [0.5, 0.6) is 0 Å². The Labute approximate surface area is 291 Å². The standard InChI is InChI=1S/C32H49N9O7S/c1-19(42)14-25-26(43)16-21(15-20-8-3-2-4-9-20)28(45)40-24(10-5-6-12-36-29(46)22(33)18-49)31(48)41-23(11-7-13-37-32(34)35)30(47)38-17-27(44)39-25/h2-4,8-9,21-25,49H,5-7,10-18,33H2,1H3,(H,36,46)(H,38,47)(H,39,44)(H,40,45)(H,41,48)(H4,34,35,37)/t21-,22+,23-,24-,25-/m0/s1. The Hall–Kier alpha value is -4.51. The van der Waals surface area contributed by atoms with Crippen molar-refractivity contribution in [1.82, 2.24) is 26.6 Å². The first-order chi connectivity index (χ1) is 23.3. The molecule has 0 spiro atoms. The zero-order valence-electron chi connectivity index (χ0n) is 27.7. The summed E-state index contributed by atoms with van der Waals surface area (Å²) in [6, 6.07) is 4.73. The maximum Gasteiger partial charge on any atom is 0.243 e. The number of carbonyl (C=O) groups excluding carboxylic acids is 7. The van der Waals surface area contributed by atoms with Crippen molar-refractivity contribution < 1.29 is 33.6 Å². The number of rotatable bonds is 15. The topological polar surface area (TPSA) is 270 Å². The van der Waals surface area contributed by atoms with Crippen molar-refractivity contribution in [3.8, 4) is 0 Å². The minimum absolute atomic E-state index is 0.0934. The van der Waals surface area contributed by atoms with Gasteiger partial charge in [0.05, 0.1) is 18.6 Å². The van der Waals surface area contributed by atoms with E-state index in [0.717, 1.165) is 5.56 Å². The molecule has 0 radical (unpaired) electrons. The van der Waals surface area contributed by atoms with Gasteiger partial charge in [-0.15, -0.1) is 0 Å². The summed E-state index contributed by atoms with van der Waals surface area (Å²) in [5.74, 6) is -4.86. The third kappa shape index (κ3) is 15.5. The van der Waals surface area contributed by atoms with E-state index < -0.39 is 66.0 Å². The SMILES string of the molecule is CC(=O)C[C@@H]1NC(=O)CNC(=O)[C@H](CCCN=C(N)N)NC(=O)[C@H](CCCCNC(=O)[C@H](N)CS)NC(=O)[C@@H](Cc2ccccc2)CC1=O. The van der Waals surface area contributed by atoms with Crippen LogP contribution in [0.1, 0.15) is 57.4 Å². The molecule has 17 heteroatoms. The van der Waals surface area contributed by atoms with Crippen molar-refractivity contribution in [2.24, 2.45) is 28.1 Å². The molecule has 1 heterocycles. The molecule has 1 aliphatic heterocycles. The number of hydrogen-bond acceptors (Lipinski definition) is 10. The number of nitrogens with one attached hydrogen (secondary N) is 5. The minimum atomic E-state index is -1.23. The number of thiol groups is 1. The molecular formula is C32H49N9O7S. The van der Waals surface area contributed by atoms with Crippen molar-refractivity contribution in [1.29, 1.82) is 0 Å². The van der Waals surface area contributed by atoms with Gasteiger partial charge in [0.15, 0.2) is 11.7 Å². The van der Waals surface area contributed by atoms with Gasteiger partial charge in [-0.1, -0.05) is 30.3 Å². The van der Waals surface area contributed by atoms with E-state index in [1.54, 1.807) is 24.3 Å². The number of guanidine groups is 1. The average molecular weight is 704 g/mol. The van der Waals surface area contributed by atoms with Gasteiger partial charge in [-0.25, -0.2) is 0 Å². The second-order valence-corrected chi connectivity index (χ2v) is 12.3. The van der Waals surface area contributed by atoms with Crippen molar-refractivity contribution in [3.05, 3.63) is 35.9 Å². The molecule has 1 saturated heterocycles. The van der Waals surface area contributed by atoms with Crippen LogP contribution in [-0.2, 0) is 40.0 Å². The Bertz CT molecular complexity index is 1340.